The highest BCUT2D eigenvalue weighted by atomic mass is 16.5. The first-order valence-corrected chi connectivity index (χ1v) is 7.83. The Kier molecular flexibility index (Phi) is 8.82. The van der Waals surface area contributed by atoms with Crippen LogP contribution < -0.4 is 0 Å². The van der Waals surface area contributed by atoms with Gasteiger partial charge in [0, 0.05) is 39.8 Å². The van der Waals surface area contributed by atoms with E-state index in [0.717, 1.165) is 71.6 Å². The van der Waals surface area contributed by atoms with E-state index in [1.165, 1.54) is 0 Å². The summed E-state index contributed by atoms with van der Waals surface area (Å²) in [4.78, 5) is 16.0. The number of rotatable bonds is 10. The van der Waals surface area contributed by atoms with Gasteiger partial charge in [0.2, 0.25) is 0 Å². The van der Waals surface area contributed by atoms with Gasteiger partial charge in [0.1, 0.15) is 0 Å². The fourth-order valence-corrected chi connectivity index (χ4v) is 2.64. The molecular formula is C15H30N2O3. The number of hydrogen-bond donors (Lipinski definition) is 1. The number of carboxylic acid groups (broad SMARTS) is 1. The summed E-state index contributed by atoms with van der Waals surface area (Å²) < 4.78 is 5.09. The summed E-state index contributed by atoms with van der Waals surface area (Å²) >= 11 is 0. The molecule has 1 unspecified atom stereocenters. The van der Waals surface area contributed by atoms with E-state index < -0.39 is 5.97 Å². The quantitative estimate of drug-likeness (QED) is 0.660. The molecule has 0 spiro atoms. The van der Waals surface area contributed by atoms with Crippen LogP contribution in [-0.2, 0) is 9.53 Å². The molecule has 0 aliphatic carbocycles. The van der Waals surface area contributed by atoms with Crippen LogP contribution in [0, 0.1) is 5.92 Å². The minimum Gasteiger partial charge on any atom is -0.481 e. The van der Waals surface area contributed by atoms with Gasteiger partial charge < -0.3 is 14.7 Å². The first-order valence-electron chi connectivity index (χ1n) is 7.83. The van der Waals surface area contributed by atoms with Crippen LogP contribution in [0.25, 0.3) is 0 Å². The van der Waals surface area contributed by atoms with Crippen LogP contribution in [0.5, 0.6) is 0 Å². The number of ether oxygens (including phenoxy) is 1. The zero-order chi connectivity index (χ0) is 14.8. The lowest BCUT2D eigenvalue weighted by Crippen LogP contribution is -2.47. The normalized spacial score (nSPS) is 19.1. The van der Waals surface area contributed by atoms with Crippen LogP contribution in [0.3, 0.4) is 0 Å². The summed E-state index contributed by atoms with van der Waals surface area (Å²) in [6.07, 6.45) is 3.69. The lowest BCUT2D eigenvalue weighted by Gasteiger charge is -2.34. The lowest BCUT2D eigenvalue weighted by molar-refractivity contribution is -0.142. The fraction of sp³-hybridized carbons (Fsp3) is 0.933. The van der Waals surface area contributed by atoms with Crippen LogP contribution in [0.15, 0.2) is 0 Å². The number of methoxy groups -OCH3 is 1. The Hall–Kier alpha value is -0.650. The summed E-state index contributed by atoms with van der Waals surface area (Å²) in [5, 5.41) is 9.23. The van der Waals surface area contributed by atoms with Gasteiger partial charge in [-0.05, 0) is 19.4 Å². The molecule has 0 aromatic heterocycles. The molecule has 1 N–H and O–H groups in total. The maximum absolute atomic E-state index is 11.2. The van der Waals surface area contributed by atoms with Gasteiger partial charge in [-0.25, -0.2) is 0 Å². The van der Waals surface area contributed by atoms with Gasteiger partial charge in [0.05, 0.1) is 12.5 Å². The topological polar surface area (TPSA) is 53.0 Å². The average molecular weight is 286 g/mol. The van der Waals surface area contributed by atoms with Crippen LogP contribution in [-0.4, -0.2) is 73.9 Å². The summed E-state index contributed by atoms with van der Waals surface area (Å²) in [5.74, 6) is -0.793. The number of piperazine rings is 1. The Bertz CT molecular complexity index is 266. The standard InChI is InChI=1S/C15H30N2O3/c1-3-4-5-14(15(18)19)6-7-16-8-10-17(11-9-16)12-13-20-2/h14H,3-13H2,1-2H3,(H,18,19). The van der Waals surface area contributed by atoms with E-state index in [1.807, 2.05) is 0 Å². The van der Waals surface area contributed by atoms with Gasteiger partial charge in [0.15, 0.2) is 0 Å². The number of nitrogens with zero attached hydrogens (tertiary/aromatic N) is 2. The van der Waals surface area contributed by atoms with Crippen LogP contribution in [0.4, 0.5) is 0 Å². The maximum atomic E-state index is 11.2. The maximum Gasteiger partial charge on any atom is 0.306 e. The second kappa shape index (κ2) is 10.1. The molecule has 5 nitrogen and oxygen atoms in total. The van der Waals surface area contributed by atoms with Crippen molar-refractivity contribution in [1.29, 1.82) is 0 Å². The Morgan fingerprint density at radius 1 is 1.15 bits per heavy atom. The van der Waals surface area contributed by atoms with Crippen LogP contribution in [0.2, 0.25) is 0 Å². The molecule has 1 atom stereocenters. The molecule has 118 valence electrons. The molecule has 0 bridgehead atoms. The third kappa shape index (κ3) is 6.68. The molecule has 0 amide bonds. The van der Waals surface area contributed by atoms with Crippen molar-refractivity contribution in [2.24, 2.45) is 5.92 Å². The van der Waals surface area contributed by atoms with E-state index in [9.17, 15) is 9.90 Å². The molecule has 0 saturated carbocycles. The van der Waals surface area contributed by atoms with Crippen molar-refractivity contribution in [2.45, 2.75) is 32.6 Å². The van der Waals surface area contributed by atoms with Crippen molar-refractivity contribution < 1.29 is 14.6 Å². The summed E-state index contributed by atoms with van der Waals surface area (Å²) in [5.41, 5.74) is 0. The number of carbonyl (C=O) groups is 1. The SMILES string of the molecule is CCCCC(CCN1CCN(CCOC)CC1)C(=O)O. The summed E-state index contributed by atoms with van der Waals surface area (Å²) in [6.45, 7) is 9.04. The molecule has 20 heavy (non-hydrogen) atoms. The molecule has 0 aromatic rings. The van der Waals surface area contributed by atoms with Gasteiger partial charge in [-0.15, -0.1) is 0 Å². The molecule has 0 radical (unpaired) electrons. The first-order chi connectivity index (χ1) is 9.67. The number of aliphatic carboxylic acids is 1. The second-order valence-electron chi connectivity index (χ2n) is 5.64. The van der Waals surface area contributed by atoms with Crippen molar-refractivity contribution in [3.63, 3.8) is 0 Å². The van der Waals surface area contributed by atoms with E-state index in [-0.39, 0.29) is 5.92 Å². The third-order valence-electron chi connectivity index (χ3n) is 4.13. The van der Waals surface area contributed by atoms with E-state index in [1.54, 1.807) is 7.11 Å². The third-order valence-corrected chi connectivity index (χ3v) is 4.13. The highest BCUT2D eigenvalue weighted by Crippen LogP contribution is 2.14. The molecule has 1 fully saturated rings. The Morgan fingerprint density at radius 2 is 1.75 bits per heavy atom. The highest BCUT2D eigenvalue weighted by molar-refractivity contribution is 5.69. The van der Waals surface area contributed by atoms with Gasteiger partial charge >= 0.3 is 5.97 Å². The largest absolute Gasteiger partial charge is 0.481 e. The molecule has 5 heteroatoms. The predicted octanol–water partition coefficient (Wildman–Crippen LogP) is 1.53. The van der Waals surface area contributed by atoms with Gasteiger partial charge in [-0.1, -0.05) is 19.8 Å². The van der Waals surface area contributed by atoms with Crippen molar-refractivity contribution in [3.8, 4) is 0 Å². The van der Waals surface area contributed by atoms with Crippen LogP contribution in [0.1, 0.15) is 32.6 Å². The monoisotopic (exact) mass is 286 g/mol. The van der Waals surface area contributed by atoms with E-state index in [2.05, 4.69) is 16.7 Å². The summed E-state index contributed by atoms with van der Waals surface area (Å²) in [7, 11) is 1.73. The van der Waals surface area contributed by atoms with Gasteiger partial charge in [-0.3, -0.25) is 9.69 Å². The van der Waals surface area contributed by atoms with Crippen molar-refractivity contribution in [1.82, 2.24) is 9.80 Å². The van der Waals surface area contributed by atoms with Crippen molar-refractivity contribution in [3.05, 3.63) is 0 Å². The minimum absolute atomic E-state index is 0.165. The van der Waals surface area contributed by atoms with E-state index in [4.69, 9.17) is 4.74 Å². The number of hydrogen-bond acceptors (Lipinski definition) is 4. The van der Waals surface area contributed by atoms with Gasteiger partial charge in [0.25, 0.3) is 0 Å². The minimum atomic E-state index is -0.628. The zero-order valence-electron chi connectivity index (χ0n) is 13.0. The van der Waals surface area contributed by atoms with Crippen molar-refractivity contribution in [2.75, 3.05) is 53.0 Å². The highest BCUT2D eigenvalue weighted by Gasteiger charge is 2.20. The Labute approximate surface area is 122 Å². The summed E-state index contributed by atoms with van der Waals surface area (Å²) in [6, 6.07) is 0. The predicted molar refractivity (Wildman–Crippen MR) is 80.0 cm³/mol. The smallest absolute Gasteiger partial charge is 0.306 e. The molecule has 1 aliphatic heterocycles. The first kappa shape index (κ1) is 17.4. The Balaban J connectivity index is 2.20. The van der Waals surface area contributed by atoms with Crippen molar-refractivity contribution >= 4 is 5.97 Å². The molecule has 1 aliphatic rings. The lowest BCUT2D eigenvalue weighted by atomic mass is 9.98. The number of carboxylic acids is 1. The zero-order valence-corrected chi connectivity index (χ0v) is 13.0. The van der Waals surface area contributed by atoms with Gasteiger partial charge in [-0.2, -0.15) is 0 Å². The molecule has 0 aromatic carbocycles. The molecule has 1 saturated heterocycles. The fourth-order valence-electron chi connectivity index (χ4n) is 2.64. The van der Waals surface area contributed by atoms with Crippen LogP contribution >= 0.6 is 0 Å². The van der Waals surface area contributed by atoms with E-state index in [0.29, 0.717) is 0 Å². The molecule has 1 heterocycles. The second-order valence-corrected chi connectivity index (χ2v) is 5.64. The molecular weight excluding hydrogens is 256 g/mol. The average Bonchev–Trinajstić information content (AvgIpc) is 2.46. The van der Waals surface area contributed by atoms with E-state index >= 15 is 0 Å². The number of unbranched alkanes of at least 4 members (excludes halogenated alkanes) is 1. The Morgan fingerprint density at radius 3 is 2.25 bits per heavy atom. The molecule has 1 rings (SSSR count).